The summed E-state index contributed by atoms with van der Waals surface area (Å²) in [5.74, 6) is -0.259. The van der Waals surface area contributed by atoms with E-state index < -0.39 is 6.10 Å². The van der Waals surface area contributed by atoms with Crippen LogP contribution in [0.4, 0.5) is 10.1 Å². The highest BCUT2D eigenvalue weighted by Gasteiger charge is 2.17. The smallest absolute Gasteiger partial charge is 0.146 e. The molecule has 1 saturated heterocycles. The number of nitrogens with one attached hydrogen (secondary N) is 1. The number of aliphatic hydroxyl groups excluding tert-OH is 1. The van der Waals surface area contributed by atoms with Gasteiger partial charge in [0.15, 0.2) is 0 Å². The highest BCUT2D eigenvalue weighted by atomic mass is 19.1. The summed E-state index contributed by atoms with van der Waals surface area (Å²) in [7, 11) is 1.50. The molecule has 18 heavy (non-hydrogen) atoms. The van der Waals surface area contributed by atoms with E-state index in [0.29, 0.717) is 11.3 Å². The Balaban J connectivity index is 2.18. The van der Waals surface area contributed by atoms with Crippen molar-refractivity contribution in [2.24, 2.45) is 0 Å². The molecular weight excluding hydrogens is 235 g/mol. The van der Waals surface area contributed by atoms with Crippen LogP contribution < -0.4 is 10.2 Å². The molecule has 1 aromatic carbocycles. The lowest BCUT2D eigenvalue weighted by Gasteiger charge is -2.30. The normalized spacial score (nSPS) is 17.8. The maximum atomic E-state index is 14.1. The van der Waals surface area contributed by atoms with Gasteiger partial charge in [-0.05, 0) is 17.7 Å². The molecule has 4 nitrogen and oxygen atoms in total. The summed E-state index contributed by atoms with van der Waals surface area (Å²) in [5.41, 5.74) is 1.28. The number of rotatable bonds is 4. The number of methoxy groups -OCH3 is 1. The Morgan fingerprint density at radius 1 is 1.44 bits per heavy atom. The van der Waals surface area contributed by atoms with Crippen LogP contribution >= 0.6 is 0 Å². The molecular formula is C13H19FN2O2. The lowest BCUT2D eigenvalue weighted by atomic mass is 10.1. The summed E-state index contributed by atoms with van der Waals surface area (Å²) >= 11 is 0. The molecule has 0 bridgehead atoms. The Morgan fingerprint density at radius 2 is 2.17 bits per heavy atom. The third-order valence-electron chi connectivity index (χ3n) is 3.25. The highest BCUT2D eigenvalue weighted by Crippen LogP contribution is 2.25. The van der Waals surface area contributed by atoms with E-state index in [1.165, 1.54) is 13.2 Å². The fourth-order valence-corrected chi connectivity index (χ4v) is 2.20. The van der Waals surface area contributed by atoms with E-state index in [0.717, 1.165) is 26.2 Å². The average Bonchev–Trinajstić information content (AvgIpc) is 2.41. The van der Waals surface area contributed by atoms with Crippen LogP contribution in [0.3, 0.4) is 0 Å². The summed E-state index contributed by atoms with van der Waals surface area (Å²) in [4.78, 5) is 2.02. The number of halogens is 1. The maximum absolute atomic E-state index is 14.1. The van der Waals surface area contributed by atoms with Crippen molar-refractivity contribution in [2.75, 3.05) is 44.8 Å². The van der Waals surface area contributed by atoms with Crippen molar-refractivity contribution >= 4 is 5.69 Å². The van der Waals surface area contributed by atoms with Gasteiger partial charge in [-0.3, -0.25) is 0 Å². The predicted octanol–water partition coefficient (Wildman–Crippen LogP) is 0.915. The zero-order valence-electron chi connectivity index (χ0n) is 10.5. The van der Waals surface area contributed by atoms with Crippen molar-refractivity contribution in [3.05, 3.63) is 29.6 Å². The molecule has 100 valence electrons. The minimum Gasteiger partial charge on any atom is -0.393 e. The molecule has 0 aliphatic carbocycles. The van der Waals surface area contributed by atoms with E-state index in [9.17, 15) is 4.39 Å². The molecule has 1 fully saturated rings. The maximum Gasteiger partial charge on any atom is 0.146 e. The topological polar surface area (TPSA) is 44.7 Å². The van der Waals surface area contributed by atoms with Gasteiger partial charge in [0.05, 0.1) is 12.3 Å². The largest absolute Gasteiger partial charge is 0.393 e. The molecule has 0 saturated carbocycles. The minimum atomic E-state index is -0.462. The molecule has 1 aromatic rings. The number of nitrogens with zero attached hydrogens (tertiary/aromatic N) is 1. The van der Waals surface area contributed by atoms with Gasteiger partial charge < -0.3 is 20.1 Å². The molecule has 0 radical (unpaired) electrons. The van der Waals surface area contributed by atoms with Gasteiger partial charge in [-0.1, -0.05) is 6.07 Å². The highest BCUT2D eigenvalue weighted by molar-refractivity contribution is 5.50. The average molecular weight is 254 g/mol. The molecule has 1 unspecified atom stereocenters. The van der Waals surface area contributed by atoms with E-state index in [-0.39, 0.29) is 12.4 Å². The lowest BCUT2D eigenvalue weighted by molar-refractivity contribution is 0.0482. The van der Waals surface area contributed by atoms with Gasteiger partial charge in [-0.2, -0.15) is 0 Å². The van der Waals surface area contributed by atoms with E-state index in [1.54, 1.807) is 6.07 Å². The second-order valence-corrected chi connectivity index (χ2v) is 4.35. The van der Waals surface area contributed by atoms with Crippen LogP contribution in [-0.2, 0) is 4.74 Å². The third-order valence-corrected chi connectivity index (χ3v) is 3.25. The first-order valence-electron chi connectivity index (χ1n) is 6.15. The lowest BCUT2D eigenvalue weighted by Crippen LogP contribution is -2.43. The minimum absolute atomic E-state index is 0.150. The zero-order chi connectivity index (χ0) is 13.0. The first kappa shape index (κ1) is 13.3. The first-order chi connectivity index (χ1) is 8.76. The molecule has 5 heteroatoms. The zero-order valence-corrected chi connectivity index (χ0v) is 10.5. The molecule has 0 spiro atoms. The van der Waals surface area contributed by atoms with Gasteiger partial charge in [0.2, 0.25) is 0 Å². The Labute approximate surface area is 106 Å². The number of hydrogen-bond acceptors (Lipinski definition) is 4. The Kier molecular flexibility index (Phi) is 4.52. The second-order valence-electron chi connectivity index (χ2n) is 4.35. The van der Waals surface area contributed by atoms with Crippen molar-refractivity contribution < 1.29 is 14.2 Å². The van der Waals surface area contributed by atoms with Crippen molar-refractivity contribution in [1.29, 1.82) is 0 Å². The fraction of sp³-hybridized carbons (Fsp3) is 0.538. The Bertz CT molecular complexity index is 391. The van der Waals surface area contributed by atoms with E-state index in [2.05, 4.69) is 5.32 Å². The number of hydrogen-bond donors (Lipinski definition) is 2. The number of benzene rings is 1. The third kappa shape index (κ3) is 2.80. The summed E-state index contributed by atoms with van der Waals surface area (Å²) in [5, 5.41) is 12.4. The van der Waals surface area contributed by atoms with Gasteiger partial charge in [0.25, 0.3) is 0 Å². The van der Waals surface area contributed by atoms with Gasteiger partial charge >= 0.3 is 0 Å². The van der Waals surface area contributed by atoms with E-state index in [1.807, 2.05) is 11.0 Å². The van der Waals surface area contributed by atoms with Crippen molar-refractivity contribution in [1.82, 2.24) is 5.32 Å². The Morgan fingerprint density at radius 3 is 2.72 bits per heavy atom. The molecule has 2 rings (SSSR count). The van der Waals surface area contributed by atoms with Crippen LogP contribution in [0.2, 0.25) is 0 Å². The summed E-state index contributed by atoms with van der Waals surface area (Å²) in [6.07, 6.45) is -0.462. The predicted molar refractivity (Wildman–Crippen MR) is 68.3 cm³/mol. The van der Waals surface area contributed by atoms with E-state index in [4.69, 9.17) is 9.84 Å². The van der Waals surface area contributed by atoms with Crippen LogP contribution in [-0.4, -0.2) is 45.0 Å². The van der Waals surface area contributed by atoms with Gasteiger partial charge in [-0.15, -0.1) is 0 Å². The molecule has 0 aromatic heterocycles. The van der Waals surface area contributed by atoms with Crippen molar-refractivity contribution in [3.63, 3.8) is 0 Å². The molecule has 0 amide bonds. The van der Waals surface area contributed by atoms with Crippen LogP contribution in [0.15, 0.2) is 18.2 Å². The van der Waals surface area contributed by atoms with Crippen LogP contribution in [0.25, 0.3) is 0 Å². The monoisotopic (exact) mass is 254 g/mol. The molecule has 1 aliphatic rings. The van der Waals surface area contributed by atoms with Crippen molar-refractivity contribution in [2.45, 2.75) is 6.10 Å². The van der Waals surface area contributed by atoms with Gasteiger partial charge in [-0.25, -0.2) is 4.39 Å². The van der Waals surface area contributed by atoms with Crippen LogP contribution in [0, 0.1) is 5.82 Å². The number of piperazine rings is 1. The van der Waals surface area contributed by atoms with Crippen molar-refractivity contribution in [3.8, 4) is 0 Å². The Hall–Kier alpha value is -1.17. The summed E-state index contributed by atoms with van der Waals surface area (Å²) in [6.45, 7) is 3.22. The van der Waals surface area contributed by atoms with Gasteiger partial charge in [0.1, 0.15) is 11.9 Å². The first-order valence-corrected chi connectivity index (χ1v) is 6.15. The van der Waals surface area contributed by atoms with Gasteiger partial charge in [0, 0.05) is 33.3 Å². The standard InChI is InChI=1S/C13H19FN2O2/c1-18-13(9-17)10-2-3-12(11(14)8-10)16-6-4-15-5-7-16/h2-3,8,13,15,17H,4-7,9H2,1H3. The van der Waals surface area contributed by atoms with Crippen LogP contribution in [0.5, 0.6) is 0 Å². The number of aliphatic hydroxyl groups is 1. The molecule has 1 aliphatic heterocycles. The molecule has 2 N–H and O–H groups in total. The SMILES string of the molecule is COC(CO)c1ccc(N2CCNCC2)c(F)c1. The van der Waals surface area contributed by atoms with E-state index >= 15 is 0 Å². The summed E-state index contributed by atoms with van der Waals surface area (Å²) < 4.78 is 19.2. The second kappa shape index (κ2) is 6.13. The quantitative estimate of drug-likeness (QED) is 0.838. The number of ether oxygens (including phenoxy) is 1. The molecule has 1 atom stereocenters. The summed E-state index contributed by atoms with van der Waals surface area (Å²) in [6, 6.07) is 5.02. The molecule has 1 heterocycles. The fourth-order valence-electron chi connectivity index (χ4n) is 2.20. The number of anilines is 1. The van der Waals surface area contributed by atoms with Crippen LogP contribution in [0.1, 0.15) is 11.7 Å².